The maximum absolute atomic E-state index is 13.1. The maximum atomic E-state index is 13.1. The summed E-state index contributed by atoms with van der Waals surface area (Å²) in [6, 6.07) is 0. The Labute approximate surface area is 161 Å². The molecule has 2 unspecified atom stereocenters. The molecule has 2 atom stereocenters. The number of ether oxygens (including phenoxy) is 3. The van der Waals surface area contributed by atoms with Gasteiger partial charge in [-0.05, 0) is 0 Å². The van der Waals surface area contributed by atoms with Gasteiger partial charge in [-0.1, -0.05) is 0 Å². The van der Waals surface area contributed by atoms with Crippen LogP contribution in [0, 0.1) is 0 Å². The van der Waals surface area contributed by atoms with Crippen LogP contribution in [0.4, 0.5) is 83.4 Å². The standard InChI is InChI=1S/C10H3F19O3/c11-2(31-10(27,28)29)7(19,20)32-3(6(16,17)18)30-1(4(12,13)8(21,22)23)5(14,15)9(24,25)26/h1-3H. The quantitative estimate of drug-likeness (QED) is 0.280. The Morgan fingerprint density at radius 2 is 0.844 bits per heavy atom. The predicted molar refractivity (Wildman–Crippen MR) is 54.8 cm³/mol. The Kier molecular flexibility index (Phi) is 8.33. The average Bonchev–Trinajstić information content (AvgIpc) is 2.45. The van der Waals surface area contributed by atoms with Crippen molar-refractivity contribution in [2.75, 3.05) is 0 Å². The molecule has 0 amide bonds. The van der Waals surface area contributed by atoms with Gasteiger partial charge in [-0.2, -0.15) is 65.9 Å². The minimum absolute atomic E-state index is 1.84. The number of alkyl halides is 19. The first kappa shape index (κ1) is 30.6. The minimum Gasteiger partial charge on any atom is -0.328 e. The van der Waals surface area contributed by atoms with Crippen molar-refractivity contribution in [3.8, 4) is 0 Å². The van der Waals surface area contributed by atoms with Gasteiger partial charge in [0.25, 0.3) is 12.6 Å². The monoisotopic (exact) mass is 532 g/mol. The Bertz CT molecular complexity index is 587. The highest BCUT2D eigenvalue weighted by atomic mass is 19.4. The van der Waals surface area contributed by atoms with Crippen LogP contribution in [0.2, 0.25) is 0 Å². The SMILES string of the molecule is FC(OC(F)(F)F)C(F)(F)OC(OC(C(F)(F)C(F)(F)F)C(F)(F)C(F)(F)F)C(F)(F)F. The van der Waals surface area contributed by atoms with E-state index in [9.17, 15) is 83.4 Å². The highest BCUT2D eigenvalue weighted by molar-refractivity contribution is 4.98. The molecule has 22 heteroatoms. The summed E-state index contributed by atoms with van der Waals surface area (Å²) in [6.45, 7) is 0. The molecular weight excluding hydrogens is 529 g/mol. The zero-order chi connectivity index (χ0) is 26.4. The van der Waals surface area contributed by atoms with E-state index in [-0.39, 0.29) is 0 Å². The van der Waals surface area contributed by atoms with Gasteiger partial charge in [0.15, 0.2) is 0 Å². The lowest BCUT2D eigenvalue weighted by Crippen LogP contribution is -2.63. The number of rotatable bonds is 8. The summed E-state index contributed by atoms with van der Waals surface area (Å²) in [5.74, 6) is -15.2. The second-order valence-corrected chi connectivity index (χ2v) is 5.19. The molecule has 0 heterocycles. The summed E-state index contributed by atoms with van der Waals surface area (Å²) in [4.78, 5) is 0. The molecule has 0 aliphatic heterocycles. The van der Waals surface area contributed by atoms with Crippen molar-refractivity contribution >= 4 is 0 Å². The van der Waals surface area contributed by atoms with Crippen molar-refractivity contribution in [2.45, 2.75) is 61.6 Å². The predicted octanol–water partition coefficient (Wildman–Crippen LogP) is 6.10. The van der Waals surface area contributed by atoms with E-state index in [4.69, 9.17) is 0 Å². The maximum Gasteiger partial charge on any atom is 0.525 e. The highest BCUT2D eigenvalue weighted by Gasteiger charge is 2.78. The molecule has 0 aromatic carbocycles. The van der Waals surface area contributed by atoms with Crippen LogP contribution in [0.15, 0.2) is 0 Å². The number of hydrogen-bond acceptors (Lipinski definition) is 3. The molecule has 0 aliphatic rings. The van der Waals surface area contributed by atoms with E-state index in [1.54, 1.807) is 0 Å². The molecule has 0 aromatic heterocycles. The van der Waals surface area contributed by atoms with E-state index in [1.807, 2.05) is 4.74 Å². The fourth-order valence-corrected chi connectivity index (χ4v) is 1.37. The topological polar surface area (TPSA) is 27.7 Å². The Balaban J connectivity index is 6.38. The average molecular weight is 532 g/mol. The lowest BCUT2D eigenvalue weighted by Gasteiger charge is -2.37. The molecule has 0 N–H and O–H groups in total. The Morgan fingerprint density at radius 3 is 1.09 bits per heavy atom. The van der Waals surface area contributed by atoms with Crippen molar-refractivity contribution in [2.24, 2.45) is 0 Å². The fourth-order valence-electron chi connectivity index (χ4n) is 1.37. The largest absolute Gasteiger partial charge is 0.525 e. The molecular formula is C10H3F19O3. The van der Waals surface area contributed by atoms with Crippen LogP contribution in [0.5, 0.6) is 0 Å². The van der Waals surface area contributed by atoms with Crippen molar-refractivity contribution < 1.29 is 97.6 Å². The second-order valence-electron chi connectivity index (χ2n) is 5.19. The first-order valence-corrected chi connectivity index (χ1v) is 6.63. The first-order chi connectivity index (χ1) is 13.6. The third-order valence-electron chi connectivity index (χ3n) is 2.71. The smallest absolute Gasteiger partial charge is 0.328 e. The van der Waals surface area contributed by atoms with E-state index in [0.717, 1.165) is 0 Å². The lowest BCUT2D eigenvalue weighted by atomic mass is 10.0. The van der Waals surface area contributed by atoms with Crippen LogP contribution < -0.4 is 0 Å². The van der Waals surface area contributed by atoms with Crippen molar-refractivity contribution in [1.29, 1.82) is 0 Å². The van der Waals surface area contributed by atoms with E-state index >= 15 is 0 Å². The van der Waals surface area contributed by atoms with Crippen molar-refractivity contribution in [1.82, 2.24) is 0 Å². The van der Waals surface area contributed by atoms with Gasteiger partial charge < -0.3 is 4.74 Å². The summed E-state index contributed by atoms with van der Waals surface area (Å²) >= 11 is 0. The molecule has 0 saturated carbocycles. The van der Waals surface area contributed by atoms with Crippen LogP contribution in [-0.4, -0.2) is 61.6 Å². The summed E-state index contributed by atoms with van der Waals surface area (Å²) in [6.07, 6.45) is -52.6. The van der Waals surface area contributed by atoms with Crippen molar-refractivity contribution in [3.63, 3.8) is 0 Å². The molecule has 0 fully saturated rings. The van der Waals surface area contributed by atoms with Gasteiger partial charge in [-0.15, -0.1) is 13.2 Å². The Hall–Kier alpha value is -1.45. The summed E-state index contributed by atoms with van der Waals surface area (Å²) in [5.41, 5.74) is 0. The van der Waals surface area contributed by atoms with Crippen LogP contribution in [0.1, 0.15) is 0 Å². The lowest BCUT2D eigenvalue weighted by molar-refractivity contribution is -0.478. The van der Waals surface area contributed by atoms with E-state index in [0.29, 0.717) is 0 Å². The number of hydrogen-bond donors (Lipinski definition) is 0. The summed E-state index contributed by atoms with van der Waals surface area (Å²) in [5, 5.41) is 0. The molecule has 0 aliphatic carbocycles. The van der Waals surface area contributed by atoms with Crippen LogP contribution in [-0.2, 0) is 14.2 Å². The highest BCUT2D eigenvalue weighted by Crippen LogP contribution is 2.51. The first-order valence-electron chi connectivity index (χ1n) is 6.63. The second kappa shape index (κ2) is 8.72. The zero-order valence-corrected chi connectivity index (χ0v) is 13.6. The molecule has 0 spiro atoms. The third kappa shape index (κ3) is 7.28. The minimum atomic E-state index is -7.58. The van der Waals surface area contributed by atoms with Crippen LogP contribution >= 0.6 is 0 Å². The molecule has 194 valence electrons. The zero-order valence-electron chi connectivity index (χ0n) is 13.6. The summed E-state index contributed by atoms with van der Waals surface area (Å²) < 4.78 is 243. The normalized spacial score (nSPS) is 17.6. The molecule has 3 nitrogen and oxygen atoms in total. The molecule has 32 heavy (non-hydrogen) atoms. The van der Waals surface area contributed by atoms with E-state index in [1.165, 1.54) is 0 Å². The van der Waals surface area contributed by atoms with Gasteiger partial charge in [-0.3, -0.25) is 4.74 Å². The van der Waals surface area contributed by atoms with Crippen molar-refractivity contribution in [3.05, 3.63) is 0 Å². The molecule has 0 radical (unpaired) electrons. The molecule has 0 aromatic rings. The fraction of sp³-hybridized carbons (Fsp3) is 1.00. The number of halogens is 19. The summed E-state index contributed by atoms with van der Waals surface area (Å²) in [7, 11) is 0. The van der Waals surface area contributed by atoms with Gasteiger partial charge in [0.05, 0.1) is 0 Å². The Morgan fingerprint density at radius 1 is 0.500 bits per heavy atom. The molecule has 0 saturated heterocycles. The van der Waals surface area contributed by atoms with Crippen LogP contribution in [0.3, 0.4) is 0 Å². The molecule has 0 rings (SSSR count). The molecule has 0 bridgehead atoms. The van der Waals surface area contributed by atoms with Gasteiger partial charge in [0.1, 0.15) is 0 Å². The van der Waals surface area contributed by atoms with Gasteiger partial charge >= 0.3 is 42.8 Å². The van der Waals surface area contributed by atoms with E-state index < -0.39 is 61.6 Å². The van der Waals surface area contributed by atoms with E-state index in [2.05, 4.69) is 9.47 Å². The third-order valence-corrected chi connectivity index (χ3v) is 2.71. The van der Waals surface area contributed by atoms with Crippen LogP contribution in [0.25, 0.3) is 0 Å². The van der Waals surface area contributed by atoms with Gasteiger partial charge in [0.2, 0.25) is 6.10 Å². The van der Waals surface area contributed by atoms with Gasteiger partial charge in [-0.25, -0.2) is 9.13 Å². The van der Waals surface area contributed by atoms with Gasteiger partial charge in [0, 0.05) is 0 Å².